The summed E-state index contributed by atoms with van der Waals surface area (Å²) >= 11 is 0. The van der Waals surface area contributed by atoms with E-state index in [1.54, 1.807) is 0 Å². The Labute approximate surface area is 145 Å². The maximum Gasteiger partial charge on any atom is 0.221 e. The minimum Gasteiger partial charge on any atom is -0.413 e. The van der Waals surface area contributed by atoms with Crippen LogP contribution in [-0.4, -0.2) is 27.8 Å². The first-order chi connectivity index (χ1) is 10.2. The molecule has 0 saturated heterocycles. The Balaban J connectivity index is 2.95. The standard InChI is InChI=1S/C19H36O2Si2/c1-18(2,3)20-22(7,8)15-16-23(9,21-19(4,5)6)17-13-11-10-12-14-17/h10-14H,15-16H2,1-9H3. The summed E-state index contributed by atoms with van der Waals surface area (Å²) in [5, 5.41) is 1.38. The summed E-state index contributed by atoms with van der Waals surface area (Å²) < 4.78 is 13.0. The molecule has 4 heteroatoms. The minimum atomic E-state index is -1.99. The van der Waals surface area contributed by atoms with Crippen molar-refractivity contribution in [1.82, 2.24) is 0 Å². The highest BCUT2D eigenvalue weighted by atomic mass is 28.4. The first-order valence-electron chi connectivity index (χ1n) is 8.68. The predicted octanol–water partition coefficient (Wildman–Crippen LogP) is 5.30. The van der Waals surface area contributed by atoms with Gasteiger partial charge in [-0.15, -0.1) is 0 Å². The smallest absolute Gasteiger partial charge is 0.221 e. The van der Waals surface area contributed by atoms with Crippen LogP contribution in [0.3, 0.4) is 0 Å². The monoisotopic (exact) mass is 352 g/mol. The highest BCUT2D eigenvalue weighted by Gasteiger charge is 2.39. The molecule has 0 fully saturated rings. The van der Waals surface area contributed by atoms with E-state index in [0.717, 1.165) is 12.1 Å². The topological polar surface area (TPSA) is 18.5 Å². The summed E-state index contributed by atoms with van der Waals surface area (Å²) in [4.78, 5) is 0. The molecule has 0 N–H and O–H groups in total. The van der Waals surface area contributed by atoms with Gasteiger partial charge in [0.05, 0.1) is 0 Å². The molecule has 2 nitrogen and oxygen atoms in total. The lowest BCUT2D eigenvalue weighted by Gasteiger charge is -2.38. The molecular weight excluding hydrogens is 316 g/mol. The van der Waals surface area contributed by atoms with E-state index >= 15 is 0 Å². The number of rotatable bonds is 6. The highest BCUT2D eigenvalue weighted by molar-refractivity contribution is 6.87. The molecule has 1 aromatic rings. The van der Waals surface area contributed by atoms with E-state index < -0.39 is 16.6 Å². The lowest BCUT2D eigenvalue weighted by molar-refractivity contribution is 0.116. The van der Waals surface area contributed by atoms with Crippen LogP contribution >= 0.6 is 0 Å². The summed E-state index contributed by atoms with van der Waals surface area (Å²) in [5.74, 6) is 0. The fourth-order valence-electron chi connectivity index (χ4n) is 3.14. The van der Waals surface area contributed by atoms with E-state index in [4.69, 9.17) is 8.85 Å². The average Bonchev–Trinajstić information content (AvgIpc) is 2.33. The van der Waals surface area contributed by atoms with Crippen molar-refractivity contribution in [2.75, 3.05) is 0 Å². The Kier molecular flexibility index (Phi) is 6.47. The summed E-state index contributed by atoms with van der Waals surface area (Å²) in [6.45, 7) is 20.0. The third kappa shape index (κ3) is 7.79. The largest absolute Gasteiger partial charge is 0.413 e. The molecule has 0 aromatic heterocycles. The first-order valence-corrected chi connectivity index (χ1v) is 14.4. The van der Waals surface area contributed by atoms with Crippen LogP contribution in [0.15, 0.2) is 30.3 Å². The molecular formula is C19H36O2Si2. The van der Waals surface area contributed by atoms with Gasteiger partial charge in [-0.3, -0.25) is 0 Å². The van der Waals surface area contributed by atoms with Crippen LogP contribution in [0.2, 0.25) is 31.7 Å². The van der Waals surface area contributed by atoms with Crippen LogP contribution in [0.4, 0.5) is 0 Å². The van der Waals surface area contributed by atoms with Crippen molar-refractivity contribution in [3.8, 4) is 0 Å². The molecule has 132 valence electrons. The third-order valence-electron chi connectivity index (χ3n) is 3.70. The molecule has 0 aliphatic heterocycles. The molecule has 23 heavy (non-hydrogen) atoms. The fourth-order valence-corrected chi connectivity index (χ4v) is 12.0. The summed E-state index contributed by atoms with van der Waals surface area (Å²) in [6, 6.07) is 13.0. The van der Waals surface area contributed by atoms with Crippen LogP contribution in [0, 0.1) is 0 Å². The molecule has 0 spiro atoms. The second-order valence-electron chi connectivity index (χ2n) is 9.29. The second-order valence-corrected chi connectivity index (χ2v) is 17.3. The van der Waals surface area contributed by atoms with Gasteiger partial charge in [-0.2, -0.15) is 0 Å². The van der Waals surface area contributed by atoms with Crippen LogP contribution in [0.25, 0.3) is 0 Å². The average molecular weight is 353 g/mol. The molecule has 1 aromatic carbocycles. The fraction of sp³-hybridized carbons (Fsp3) is 0.684. The van der Waals surface area contributed by atoms with Gasteiger partial charge < -0.3 is 8.85 Å². The molecule has 0 radical (unpaired) electrons. The van der Waals surface area contributed by atoms with E-state index in [-0.39, 0.29) is 11.2 Å². The van der Waals surface area contributed by atoms with E-state index in [1.165, 1.54) is 5.19 Å². The van der Waals surface area contributed by atoms with E-state index in [9.17, 15) is 0 Å². The molecule has 0 bridgehead atoms. The third-order valence-corrected chi connectivity index (χ3v) is 10.6. The second kappa shape index (κ2) is 7.22. The molecule has 1 atom stereocenters. The Bertz CT molecular complexity index is 486. The molecule has 1 unspecified atom stereocenters. The Morgan fingerprint density at radius 3 is 1.65 bits per heavy atom. The predicted molar refractivity (Wildman–Crippen MR) is 106 cm³/mol. The summed E-state index contributed by atoms with van der Waals surface area (Å²) in [5.41, 5.74) is -0.182. The number of hydrogen-bond acceptors (Lipinski definition) is 2. The van der Waals surface area contributed by atoms with Crippen LogP contribution in [0.1, 0.15) is 41.5 Å². The molecule has 1 rings (SSSR count). The quantitative estimate of drug-likeness (QED) is 0.646. The van der Waals surface area contributed by atoms with Gasteiger partial charge in [-0.05, 0) is 78.5 Å². The number of benzene rings is 1. The van der Waals surface area contributed by atoms with Gasteiger partial charge >= 0.3 is 0 Å². The van der Waals surface area contributed by atoms with Crippen LogP contribution in [-0.2, 0) is 8.85 Å². The zero-order chi connectivity index (χ0) is 17.9. The van der Waals surface area contributed by atoms with E-state index in [1.807, 2.05) is 0 Å². The molecule has 0 aliphatic carbocycles. The summed E-state index contributed by atoms with van der Waals surface area (Å²) in [6.07, 6.45) is 0. The molecule has 0 heterocycles. The Hall–Kier alpha value is -0.426. The minimum absolute atomic E-state index is 0.0642. The Morgan fingerprint density at radius 2 is 1.22 bits per heavy atom. The van der Waals surface area contributed by atoms with Crippen molar-refractivity contribution in [3.63, 3.8) is 0 Å². The van der Waals surface area contributed by atoms with Gasteiger partial charge in [0.1, 0.15) is 0 Å². The highest BCUT2D eigenvalue weighted by Crippen LogP contribution is 2.28. The molecule has 0 amide bonds. The van der Waals surface area contributed by atoms with E-state index in [2.05, 4.69) is 91.5 Å². The van der Waals surface area contributed by atoms with Crippen molar-refractivity contribution in [3.05, 3.63) is 30.3 Å². The molecule has 0 aliphatic rings. The molecule has 0 saturated carbocycles. The van der Waals surface area contributed by atoms with Gasteiger partial charge in [0.15, 0.2) is 8.32 Å². The number of hydrogen-bond donors (Lipinski definition) is 0. The zero-order valence-electron chi connectivity index (χ0n) is 16.6. The van der Waals surface area contributed by atoms with Gasteiger partial charge in [0.2, 0.25) is 8.32 Å². The SMILES string of the molecule is CC(C)(C)O[Si](C)(C)CC[Si](C)(OC(C)(C)C)c1ccccc1. The van der Waals surface area contributed by atoms with Crippen molar-refractivity contribution in [2.45, 2.75) is 84.5 Å². The lowest BCUT2D eigenvalue weighted by Crippen LogP contribution is -2.53. The lowest BCUT2D eigenvalue weighted by atomic mass is 10.2. The van der Waals surface area contributed by atoms with Gasteiger partial charge in [0, 0.05) is 11.2 Å². The van der Waals surface area contributed by atoms with Crippen LogP contribution in [0.5, 0.6) is 0 Å². The van der Waals surface area contributed by atoms with Crippen molar-refractivity contribution < 1.29 is 8.85 Å². The van der Waals surface area contributed by atoms with E-state index in [0.29, 0.717) is 0 Å². The first kappa shape index (κ1) is 20.6. The normalized spacial score (nSPS) is 16.2. The van der Waals surface area contributed by atoms with Crippen molar-refractivity contribution in [2.24, 2.45) is 0 Å². The maximum atomic E-state index is 6.64. The van der Waals surface area contributed by atoms with Gasteiger partial charge in [-0.1, -0.05) is 30.3 Å². The zero-order valence-corrected chi connectivity index (χ0v) is 18.6. The van der Waals surface area contributed by atoms with Crippen molar-refractivity contribution in [1.29, 1.82) is 0 Å². The summed E-state index contributed by atoms with van der Waals surface area (Å²) in [7, 11) is -3.69. The maximum absolute atomic E-state index is 6.64. The Morgan fingerprint density at radius 1 is 0.739 bits per heavy atom. The van der Waals surface area contributed by atoms with Gasteiger partial charge in [0.25, 0.3) is 0 Å². The van der Waals surface area contributed by atoms with Gasteiger partial charge in [-0.25, -0.2) is 0 Å². The van der Waals surface area contributed by atoms with Crippen molar-refractivity contribution >= 4 is 21.8 Å². The van der Waals surface area contributed by atoms with Crippen LogP contribution < -0.4 is 5.19 Å².